The van der Waals surface area contributed by atoms with Gasteiger partial charge in [-0.1, -0.05) is 6.07 Å². The van der Waals surface area contributed by atoms with E-state index in [0.717, 1.165) is 56.9 Å². The molecule has 1 spiro atoms. The van der Waals surface area contributed by atoms with Crippen LogP contribution >= 0.6 is 0 Å². The van der Waals surface area contributed by atoms with Crippen molar-refractivity contribution in [3.63, 3.8) is 0 Å². The van der Waals surface area contributed by atoms with Crippen molar-refractivity contribution in [1.82, 2.24) is 15.3 Å². The van der Waals surface area contributed by atoms with E-state index in [2.05, 4.69) is 30.5 Å². The van der Waals surface area contributed by atoms with Crippen LogP contribution in [0.3, 0.4) is 0 Å². The summed E-state index contributed by atoms with van der Waals surface area (Å²) in [6, 6.07) is 5.89. The van der Waals surface area contributed by atoms with Crippen molar-refractivity contribution in [1.29, 1.82) is 0 Å². The van der Waals surface area contributed by atoms with Gasteiger partial charge in [0, 0.05) is 38.1 Å². The quantitative estimate of drug-likeness (QED) is 0.848. The maximum Gasteiger partial charge on any atom is 0.227 e. The fourth-order valence-corrected chi connectivity index (χ4v) is 4.06. The van der Waals surface area contributed by atoms with Gasteiger partial charge >= 0.3 is 0 Å². The van der Waals surface area contributed by atoms with Crippen LogP contribution in [-0.2, 0) is 11.3 Å². The first-order chi connectivity index (χ1) is 13.7. The molecule has 0 amide bonds. The molecule has 1 aromatic carbocycles. The zero-order chi connectivity index (χ0) is 19.0. The van der Waals surface area contributed by atoms with Crippen LogP contribution in [0, 0.1) is 5.82 Å². The van der Waals surface area contributed by atoms with Crippen LogP contribution in [0.4, 0.5) is 21.8 Å². The number of aliphatic imine (C=N–C) groups is 1. The minimum Gasteiger partial charge on any atom is -0.372 e. The van der Waals surface area contributed by atoms with Crippen LogP contribution in [0.5, 0.6) is 0 Å². The number of hydrogen-bond donors (Lipinski definition) is 2. The van der Waals surface area contributed by atoms with Crippen molar-refractivity contribution in [3.05, 3.63) is 41.3 Å². The lowest BCUT2D eigenvalue weighted by atomic mass is 9.90. The molecule has 146 valence electrons. The van der Waals surface area contributed by atoms with Gasteiger partial charge in [0.05, 0.1) is 24.9 Å². The lowest BCUT2D eigenvalue weighted by Gasteiger charge is -2.44. The largest absolute Gasteiger partial charge is 0.372 e. The summed E-state index contributed by atoms with van der Waals surface area (Å²) in [5.74, 6) is 0.271. The van der Waals surface area contributed by atoms with Crippen LogP contribution in [0.25, 0.3) is 0 Å². The Bertz CT molecular complexity index is 902. The number of rotatable bonds is 3. The number of nitrogens with zero attached hydrogens (tertiary/aromatic N) is 4. The van der Waals surface area contributed by atoms with Gasteiger partial charge < -0.3 is 20.3 Å². The third-order valence-electron chi connectivity index (χ3n) is 5.72. The summed E-state index contributed by atoms with van der Waals surface area (Å²) >= 11 is 0. The van der Waals surface area contributed by atoms with Gasteiger partial charge in [-0.05, 0) is 36.1 Å². The van der Waals surface area contributed by atoms with Crippen LogP contribution in [0.2, 0.25) is 0 Å². The van der Waals surface area contributed by atoms with Gasteiger partial charge in [0.25, 0.3) is 0 Å². The molecule has 2 N–H and O–H groups in total. The van der Waals surface area contributed by atoms with Crippen LogP contribution in [0.1, 0.15) is 24.0 Å². The molecule has 0 aliphatic carbocycles. The summed E-state index contributed by atoms with van der Waals surface area (Å²) in [4.78, 5) is 15.0. The Balaban J connectivity index is 1.31. The second kappa shape index (κ2) is 7.10. The van der Waals surface area contributed by atoms with E-state index in [1.54, 1.807) is 0 Å². The van der Waals surface area contributed by atoms with Gasteiger partial charge in [0.1, 0.15) is 0 Å². The monoisotopic (exact) mass is 382 g/mol. The smallest absolute Gasteiger partial charge is 0.227 e. The van der Waals surface area contributed by atoms with Gasteiger partial charge in [-0.3, -0.25) is 4.99 Å². The van der Waals surface area contributed by atoms with E-state index in [4.69, 9.17) is 4.74 Å². The van der Waals surface area contributed by atoms with Crippen molar-refractivity contribution < 1.29 is 9.13 Å². The number of benzene rings is 1. The summed E-state index contributed by atoms with van der Waals surface area (Å²) in [7, 11) is 0. The summed E-state index contributed by atoms with van der Waals surface area (Å²) in [5.41, 5.74) is 2.94. The maximum atomic E-state index is 14.3. The van der Waals surface area contributed by atoms with Crippen LogP contribution in [0.15, 0.2) is 29.4 Å². The van der Waals surface area contributed by atoms with Gasteiger partial charge in [-0.2, -0.15) is 4.98 Å². The molecule has 7 nitrogen and oxygen atoms in total. The van der Waals surface area contributed by atoms with Crippen LogP contribution in [-0.4, -0.2) is 54.6 Å². The molecule has 28 heavy (non-hydrogen) atoms. The highest BCUT2D eigenvalue weighted by Crippen LogP contribution is 2.30. The van der Waals surface area contributed by atoms with Crippen molar-refractivity contribution >= 4 is 23.7 Å². The molecular formula is C20H23FN6O. The molecule has 2 aromatic rings. The average Bonchev–Trinajstić information content (AvgIpc) is 3.19. The minimum atomic E-state index is -0.466. The van der Waals surface area contributed by atoms with Gasteiger partial charge in [-0.25, -0.2) is 9.37 Å². The Labute approximate surface area is 163 Å². The third-order valence-corrected chi connectivity index (χ3v) is 5.72. The topological polar surface area (TPSA) is 74.7 Å². The first-order valence-electron chi connectivity index (χ1n) is 9.73. The Morgan fingerprint density at radius 1 is 1.25 bits per heavy atom. The van der Waals surface area contributed by atoms with Crippen molar-refractivity contribution in [2.24, 2.45) is 4.99 Å². The molecule has 0 unspecified atom stereocenters. The number of nitrogens with one attached hydrogen (secondary N) is 2. The van der Waals surface area contributed by atoms with Gasteiger partial charge in [0.15, 0.2) is 11.6 Å². The predicted molar refractivity (Wildman–Crippen MR) is 106 cm³/mol. The zero-order valence-electron chi connectivity index (χ0n) is 15.6. The molecule has 8 heteroatoms. The summed E-state index contributed by atoms with van der Waals surface area (Å²) < 4.78 is 20.4. The SMILES string of the molecule is Fc1cnc(N2CCC3(CC2)CNCCO3)nc1Nc1ccc2c(c1)C=NC2. The molecule has 4 heterocycles. The molecule has 0 atom stereocenters. The standard InChI is InChI=1S/C20H23FN6O/c21-17-12-24-19(27-6-3-20(4-7-27)13-22-5-8-28-20)26-18(17)25-16-2-1-14-10-23-11-15(14)9-16/h1-2,9,11-12,22H,3-8,10,13H2,(H,24,25,26). The Kier molecular flexibility index (Phi) is 4.44. The summed E-state index contributed by atoms with van der Waals surface area (Å²) in [6.07, 6.45) is 4.90. The fraction of sp³-hybridized carbons (Fsp3) is 0.450. The van der Waals surface area contributed by atoms with Crippen LogP contribution < -0.4 is 15.5 Å². The highest BCUT2D eigenvalue weighted by atomic mass is 19.1. The average molecular weight is 382 g/mol. The van der Waals surface area contributed by atoms with E-state index in [-0.39, 0.29) is 11.4 Å². The molecule has 2 fully saturated rings. The third kappa shape index (κ3) is 3.33. The van der Waals surface area contributed by atoms with Crippen molar-refractivity contribution in [2.45, 2.75) is 25.0 Å². The number of halogens is 1. The Hall–Kier alpha value is -2.58. The van der Waals surface area contributed by atoms with E-state index < -0.39 is 5.82 Å². The van der Waals surface area contributed by atoms with Crippen molar-refractivity contribution in [2.75, 3.05) is 43.0 Å². The number of hydrogen-bond acceptors (Lipinski definition) is 7. The molecule has 2 saturated heterocycles. The Morgan fingerprint density at radius 2 is 2.14 bits per heavy atom. The first-order valence-corrected chi connectivity index (χ1v) is 9.73. The predicted octanol–water partition coefficient (Wildman–Crippen LogP) is 2.25. The number of anilines is 3. The summed E-state index contributed by atoms with van der Waals surface area (Å²) in [5, 5.41) is 6.51. The molecule has 0 bridgehead atoms. The maximum absolute atomic E-state index is 14.3. The highest BCUT2D eigenvalue weighted by Gasteiger charge is 2.37. The van der Waals surface area contributed by atoms with E-state index in [0.29, 0.717) is 12.5 Å². The fourth-order valence-electron chi connectivity index (χ4n) is 4.06. The molecule has 0 radical (unpaired) electrons. The first kappa shape index (κ1) is 17.5. The number of morpholine rings is 1. The summed E-state index contributed by atoms with van der Waals surface area (Å²) in [6.45, 7) is 4.85. The van der Waals surface area contributed by atoms with Gasteiger partial charge in [-0.15, -0.1) is 0 Å². The molecule has 1 aromatic heterocycles. The van der Waals surface area contributed by atoms with E-state index in [9.17, 15) is 4.39 Å². The molecule has 3 aliphatic rings. The van der Waals surface area contributed by atoms with E-state index in [1.807, 2.05) is 24.4 Å². The lowest BCUT2D eigenvalue weighted by Crippen LogP contribution is -2.55. The zero-order valence-corrected chi connectivity index (χ0v) is 15.6. The molecule has 3 aliphatic heterocycles. The molecular weight excluding hydrogens is 359 g/mol. The van der Waals surface area contributed by atoms with Gasteiger partial charge in [0.2, 0.25) is 5.95 Å². The minimum absolute atomic E-state index is 0.0815. The van der Waals surface area contributed by atoms with E-state index >= 15 is 0 Å². The molecule has 5 rings (SSSR count). The normalized spacial score (nSPS) is 20.4. The second-order valence-corrected chi connectivity index (χ2v) is 7.57. The molecule has 0 saturated carbocycles. The lowest BCUT2D eigenvalue weighted by molar-refractivity contribution is -0.0800. The highest BCUT2D eigenvalue weighted by molar-refractivity contribution is 5.86. The number of fused-ring (bicyclic) bond motifs is 1. The Morgan fingerprint density at radius 3 is 2.96 bits per heavy atom. The number of piperidine rings is 1. The van der Waals surface area contributed by atoms with Crippen molar-refractivity contribution in [3.8, 4) is 0 Å². The number of aromatic nitrogens is 2. The number of ether oxygens (including phenoxy) is 1. The van der Waals surface area contributed by atoms with E-state index in [1.165, 1.54) is 11.8 Å². The second-order valence-electron chi connectivity index (χ2n) is 7.57.